The van der Waals surface area contributed by atoms with Crippen LogP contribution in [-0.4, -0.2) is 47.9 Å². The number of piperidine rings is 1. The molecule has 0 spiro atoms. The van der Waals surface area contributed by atoms with E-state index in [2.05, 4.69) is 10.3 Å². The Labute approximate surface area is 179 Å². The van der Waals surface area contributed by atoms with Gasteiger partial charge in [-0.1, -0.05) is 17.7 Å². The van der Waals surface area contributed by atoms with Crippen molar-refractivity contribution in [3.63, 3.8) is 0 Å². The number of aromatic nitrogens is 1. The Morgan fingerprint density at radius 2 is 1.83 bits per heavy atom. The number of amides is 2. The Morgan fingerprint density at radius 3 is 2.50 bits per heavy atom. The van der Waals surface area contributed by atoms with Crippen LogP contribution in [0.3, 0.4) is 0 Å². The summed E-state index contributed by atoms with van der Waals surface area (Å²) in [5.41, 5.74) is 2.47. The summed E-state index contributed by atoms with van der Waals surface area (Å²) in [5, 5.41) is 3.40. The fourth-order valence-corrected chi connectivity index (χ4v) is 5.15. The van der Waals surface area contributed by atoms with Crippen LogP contribution in [0, 0.1) is 12.8 Å². The maximum Gasteiger partial charge on any atom is 0.308 e. The number of benzene rings is 1. The van der Waals surface area contributed by atoms with Crippen LogP contribution in [0.15, 0.2) is 24.3 Å². The van der Waals surface area contributed by atoms with Gasteiger partial charge in [0.1, 0.15) is 0 Å². The average Bonchev–Trinajstić information content (AvgIpc) is 3.33. The lowest BCUT2D eigenvalue weighted by molar-refractivity contribution is -0.149. The van der Waals surface area contributed by atoms with E-state index in [0.717, 1.165) is 29.0 Å². The molecule has 0 bridgehead atoms. The van der Waals surface area contributed by atoms with E-state index >= 15 is 0 Å². The summed E-state index contributed by atoms with van der Waals surface area (Å²) in [4.78, 5) is 44.7. The van der Waals surface area contributed by atoms with Crippen molar-refractivity contribution in [2.24, 2.45) is 5.92 Å². The third-order valence-corrected chi connectivity index (χ3v) is 6.94. The monoisotopic (exact) mass is 427 g/mol. The van der Waals surface area contributed by atoms with Gasteiger partial charge in [0.2, 0.25) is 5.91 Å². The number of carbonyl (C=O) groups is 3. The Hall–Kier alpha value is -2.74. The molecular formula is C22H25N3O4S. The van der Waals surface area contributed by atoms with E-state index in [4.69, 9.17) is 4.74 Å². The molecule has 158 valence electrons. The Kier molecular flexibility index (Phi) is 5.85. The number of nitrogens with one attached hydrogen (secondary N) is 1. The topological polar surface area (TPSA) is 88.6 Å². The summed E-state index contributed by atoms with van der Waals surface area (Å²) in [6, 6.07) is 7.37. The molecule has 1 aromatic heterocycles. The summed E-state index contributed by atoms with van der Waals surface area (Å²) in [7, 11) is 1.40. The number of rotatable bonds is 4. The van der Waals surface area contributed by atoms with Gasteiger partial charge in [0.25, 0.3) is 5.91 Å². The number of fused-ring (bicyclic) bond motifs is 1. The van der Waals surface area contributed by atoms with Crippen molar-refractivity contribution >= 4 is 34.3 Å². The lowest BCUT2D eigenvalue weighted by Crippen LogP contribution is -2.42. The third kappa shape index (κ3) is 4.09. The molecule has 0 saturated carbocycles. The van der Waals surface area contributed by atoms with E-state index in [9.17, 15) is 14.4 Å². The maximum atomic E-state index is 13.1. The summed E-state index contributed by atoms with van der Waals surface area (Å²) in [6.45, 7) is 3.10. The second kappa shape index (κ2) is 8.55. The first-order valence-corrected chi connectivity index (χ1v) is 11.0. The zero-order valence-corrected chi connectivity index (χ0v) is 18.0. The number of carbonyl (C=O) groups excluding carboxylic acids is 3. The minimum absolute atomic E-state index is 0.0683. The van der Waals surface area contributed by atoms with Crippen LogP contribution < -0.4 is 5.32 Å². The molecule has 4 rings (SSSR count). The number of hydrogen-bond acceptors (Lipinski definition) is 6. The number of aryl methyl sites for hydroxylation is 2. The van der Waals surface area contributed by atoms with Crippen LogP contribution in [0.1, 0.15) is 51.7 Å². The molecule has 7 nitrogen and oxygen atoms in total. The van der Waals surface area contributed by atoms with Crippen molar-refractivity contribution in [3.8, 4) is 0 Å². The fraction of sp³-hybridized carbons (Fsp3) is 0.455. The molecule has 30 heavy (non-hydrogen) atoms. The quantitative estimate of drug-likeness (QED) is 0.758. The van der Waals surface area contributed by atoms with Crippen molar-refractivity contribution in [1.29, 1.82) is 0 Å². The van der Waals surface area contributed by atoms with Gasteiger partial charge in [-0.15, -0.1) is 11.3 Å². The molecule has 2 heterocycles. The first-order chi connectivity index (χ1) is 14.5. The van der Waals surface area contributed by atoms with E-state index in [-0.39, 0.29) is 29.6 Å². The second-order valence-corrected chi connectivity index (χ2v) is 8.95. The third-order valence-electron chi connectivity index (χ3n) is 5.89. The number of hydrogen-bond donors (Lipinski definition) is 1. The molecule has 1 saturated heterocycles. The van der Waals surface area contributed by atoms with Crippen LogP contribution in [0.5, 0.6) is 0 Å². The summed E-state index contributed by atoms with van der Waals surface area (Å²) in [5.74, 6) is -0.718. The lowest BCUT2D eigenvalue weighted by Gasteiger charge is -2.32. The average molecular weight is 428 g/mol. The number of anilines is 1. The van der Waals surface area contributed by atoms with Crippen molar-refractivity contribution in [2.45, 2.75) is 38.5 Å². The SMILES string of the molecule is COC(=O)C1CCN(C(=O)C2CCc3sc(NC(=O)c4ccc(C)cc4)nc32)CC1. The van der Waals surface area contributed by atoms with Crippen molar-refractivity contribution in [1.82, 2.24) is 9.88 Å². The van der Waals surface area contributed by atoms with Gasteiger partial charge >= 0.3 is 5.97 Å². The lowest BCUT2D eigenvalue weighted by atomic mass is 9.95. The molecule has 1 aliphatic heterocycles. The molecule has 2 aromatic rings. The highest BCUT2D eigenvalue weighted by Crippen LogP contribution is 2.40. The van der Waals surface area contributed by atoms with E-state index < -0.39 is 0 Å². The Morgan fingerprint density at radius 1 is 1.13 bits per heavy atom. The highest BCUT2D eigenvalue weighted by molar-refractivity contribution is 7.16. The summed E-state index contributed by atoms with van der Waals surface area (Å²) < 4.78 is 4.82. The largest absolute Gasteiger partial charge is 0.469 e. The normalized spacial score (nSPS) is 18.7. The molecule has 1 aromatic carbocycles. The van der Waals surface area contributed by atoms with Crippen LogP contribution in [0.4, 0.5) is 5.13 Å². The van der Waals surface area contributed by atoms with Crippen LogP contribution in [0.2, 0.25) is 0 Å². The first-order valence-electron chi connectivity index (χ1n) is 10.2. The standard InChI is InChI=1S/C22H25N3O4S/c1-13-3-5-14(6-4-13)19(26)24-22-23-18-16(7-8-17(18)30-22)20(27)25-11-9-15(10-12-25)21(28)29-2/h3-6,15-16H,7-12H2,1-2H3,(H,23,24,26). The zero-order valence-electron chi connectivity index (χ0n) is 17.1. The molecule has 2 amide bonds. The number of ether oxygens (including phenoxy) is 1. The van der Waals surface area contributed by atoms with Gasteiger partial charge in [-0.3, -0.25) is 19.7 Å². The highest BCUT2D eigenvalue weighted by atomic mass is 32.1. The Bertz CT molecular complexity index is 961. The zero-order chi connectivity index (χ0) is 21.3. The van der Waals surface area contributed by atoms with Gasteiger partial charge in [0.05, 0.1) is 24.6 Å². The number of likely N-dealkylation sites (tertiary alicyclic amines) is 1. The predicted molar refractivity (Wildman–Crippen MR) is 114 cm³/mol. The molecule has 0 radical (unpaired) electrons. The van der Waals surface area contributed by atoms with Gasteiger partial charge < -0.3 is 9.64 Å². The minimum Gasteiger partial charge on any atom is -0.469 e. The summed E-state index contributed by atoms with van der Waals surface area (Å²) >= 11 is 1.45. The number of esters is 1. The van der Waals surface area contributed by atoms with Crippen molar-refractivity contribution < 1.29 is 19.1 Å². The molecular weight excluding hydrogens is 402 g/mol. The van der Waals surface area contributed by atoms with Gasteiger partial charge in [0, 0.05) is 23.5 Å². The minimum atomic E-state index is -0.268. The first kappa shape index (κ1) is 20.5. The van der Waals surface area contributed by atoms with E-state index in [1.165, 1.54) is 18.4 Å². The van der Waals surface area contributed by atoms with E-state index in [0.29, 0.717) is 36.6 Å². The Balaban J connectivity index is 1.40. The summed E-state index contributed by atoms with van der Waals surface area (Å²) in [6.07, 6.45) is 2.80. The number of thiazole rings is 1. The number of methoxy groups -OCH3 is 1. The van der Waals surface area contributed by atoms with E-state index in [1.807, 2.05) is 24.0 Å². The molecule has 1 atom stereocenters. The fourth-order valence-electron chi connectivity index (χ4n) is 4.12. The highest BCUT2D eigenvalue weighted by Gasteiger charge is 2.37. The number of nitrogens with zero attached hydrogens (tertiary/aromatic N) is 2. The molecule has 2 aliphatic rings. The van der Waals surface area contributed by atoms with Crippen molar-refractivity contribution in [2.75, 3.05) is 25.5 Å². The molecule has 1 N–H and O–H groups in total. The molecule has 1 aliphatic carbocycles. The smallest absolute Gasteiger partial charge is 0.308 e. The van der Waals surface area contributed by atoms with Gasteiger partial charge in [0.15, 0.2) is 5.13 Å². The van der Waals surface area contributed by atoms with Crippen LogP contribution in [-0.2, 0) is 20.7 Å². The molecule has 8 heteroatoms. The molecule has 1 unspecified atom stereocenters. The molecule has 1 fully saturated rings. The second-order valence-electron chi connectivity index (χ2n) is 7.86. The van der Waals surface area contributed by atoms with Gasteiger partial charge in [-0.05, 0) is 44.7 Å². The van der Waals surface area contributed by atoms with E-state index in [1.54, 1.807) is 12.1 Å². The van der Waals surface area contributed by atoms with Crippen molar-refractivity contribution in [3.05, 3.63) is 46.0 Å². The predicted octanol–water partition coefficient (Wildman–Crippen LogP) is 3.15. The van der Waals surface area contributed by atoms with Gasteiger partial charge in [-0.25, -0.2) is 4.98 Å². The van der Waals surface area contributed by atoms with Crippen LogP contribution >= 0.6 is 11.3 Å². The maximum absolute atomic E-state index is 13.1. The van der Waals surface area contributed by atoms with Crippen LogP contribution in [0.25, 0.3) is 0 Å². The van der Waals surface area contributed by atoms with Gasteiger partial charge in [-0.2, -0.15) is 0 Å².